The van der Waals surface area contributed by atoms with Gasteiger partial charge in [-0.05, 0) is 6.92 Å². The van der Waals surface area contributed by atoms with Crippen molar-refractivity contribution in [3.63, 3.8) is 0 Å². The zero-order chi connectivity index (χ0) is 15.1. The molecule has 1 amide bonds. The van der Waals surface area contributed by atoms with Crippen molar-refractivity contribution in [3.8, 4) is 0 Å². The van der Waals surface area contributed by atoms with Crippen LogP contribution < -0.4 is 4.90 Å². The molecule has 2 heterocycles. The van der Waals surface area contributed by atoms with Crippen LogP contribution in [0, 0.1) is 6.92 Å². The van der Waals surface area contributed by atoms with Gasteiger partial charge < -0.3 is 19.3 Å². The van der Waals surface area contributed by atoms with Gasteiger partial charge in [0.25, 0.3) is 0 Å². The molecule has 1 aliphatic heterocycles. The number of hydrogen-bond acceptors (Lipinski definition) is 6. The monoisotopic (exact) mass is 294 g/mol. The molecule has 0 aliphatic carbocycles. The maximum atomic E-state index is 12.0. The van der Waals surface area contributed by atoms with Gasteiger partial charge in [-0.25, -0.2) is 9.97 Å². The highest BCUT2D eigenvalue weighted by Crippen LogP contribution is 2.13. The number of carbonyl (C=O) groups excluding carboxylic acids is 1. The first-order chi connectivity index (χ1) is 10.2. The summed E-state index contributed by atoms with van der Waals surface area (Å²) in [6.07, 6.45) is 1.58. The van der Waals surface area contributed by atoms with Crippen LogP contribution in [0.3, 0.4) is 0 Å². The fourth-order valence-corrected chi connectivity index (χ4v) is 2.19. The Balaban J connectivity index is 1.76. The number of amides is 1. The predicted molar refractivity (Wildman–Crippen MR) is 78.3 cm³/mol. The van der Waals surface area contributed by atoms with Gasteiger partial charge in [0.15, 0.2) is 0 Å². The van der Waals surface area contributed by atoms with E-state index in [1.165, 1.54) is 0 Å². The third-order valence-electron chi connectivity index (χ3n) is 3.40. The minimum Gasteiger partial charge on any atom is -0.382 e. The Morgan fingerprint density at radius 2 is 2.00 bits per heavy atom. The van der Waals surface area contributed by atoms with E-state index >= 15 is 0 Å². The van der Waals surface area contributed by atoms with Gasteiger partial charge in [-0.1, -0.05) is 0 Å². The van der Waals surface area contributed by atoms with Gasteiger partial charge in [-0.3, -0.25) is 4.79 Å². The van der Waals surface area contributed by atoms with Crippen LogP contribution in [0.1, 0.15) is 5.69 Å². The molecule has 0 radical (unpaired) electrons. The summed E-state index contributed by atoms with van der Waals surface area (Å²) < 4.78 is 10.1. The van der Waals surface area contributed by atoms with E-state index < -0.39 is 0 Å². The first kappa shape index (κ1) is 15.7. The fourth-order valence-electron chi connectivity index (χ4n) is 2.19. The molecule has 0 unspecified atom stereocenters. The first-order valence-electron chi connectivity index (χ1n) is 7.09. The summed E-state index contributed by atoms with van der Waals surface area (Å²) in [7, 11) is 1.61. The minimum atomic E-state index is 0.0321. The number of hydrogen-bond donors (Lipinski definition) is 0. The van der Waals surface area contributed by atoms with E-state index in [4.69, 9.17) is 9.47 Å². The number of ether oxygens (including phenoxy) is 2. The van der Waals surface area contributed by atoms with Crippen molar-refractivity contribution >= 4 is 11.7 Å². The Morgan fingerprint density at radius 1 is 1.24 bits per heavy atom. The number of methoxy groups -OCH3 is 1. The topological polar surface area (TPSA) is 67.8 Å². The lowest BCUT2D eigenvalue weighted by Crippen LogP contribution is -2.50. The molecule has 1 aromatic heterocycles. The van der Waals surface area contributed by atoms with Crippen LogP contribution in [0.5, 0.6) is 0 Å². The highest BCUT2D eigenvalue weighted by molar-refractivity contribution is 5.77. The molecular formula is C14H22N4O3. The molecule has 1 fully saturated rings. The van der Waals surface area contributed by atoms with Gasteiger partial charge in [0.2, 0.25) is 5.91 Å². The number of rotatable bonds is 6. The number of nitrogens with zero attached hydrogens (tertiary/aromatic N) is 4. The Morgan fingerprint density at radius 3 is 2.67 bits per heavy atom. The summed E-state index contributed by atoms with van der Waals surface area (Å²) in [5.74, 6) is 0.954. The Hall–Kier alpha value is -1.73. The summed E-state index contributed by atoms with van der Waals surface area (Å²) in [5.41, 5.74) is 0.949. The van der Waals surface area contributed by atoms with Gasteiger partial charge in [0, 0.05) is 45.0 Å². The van der Waals surface area contributed by atoms with Crippen LogP contribution in [-0.2, 0) is 14.3 Å². The highest BCUT2D eigenvalue weighted by atomic mass is 16.5. The molecule has 0 spiro atoms. The molecule has 116 valence electrons. The van der Waals surface area contributed by atoms with E-state index in [2.05, 4.69) is 14.9 Å². The molecule has 0 bridgehead atoms. The lowest BCUT2D eigenvalue weighted by atomic mass is 10.3. The molecule has 7 nitrogen and oxygen atoms in total. The average Bonchev–Trinajstić information content (AvgIpc) is 2.51. The molecule has 0 N–H and O–H groups in total. The lowest BCUT2D eigenvalue weighted by molar-refractivity contribution is -0.136. The Bertz CT molecular complexity index is 461. The van der Waals surface area contributed by atoms with E-state index in [1.54, 1.807) is 13.4 Å². The Labute approximate surface area is 124 Å². The first-order valence-corrected chi connectivity index (χ1v) is 7.09. The smallest absolute Gasteiger partial charge is 0.248 e. The van der Waals surface area contributed by atoms with E-state index in [0.717, 1.165) is 24.6 Å². The van der Waals surface area contributed by atoms with Gasteiger partial charge in [-0.15, -0.1) is 0 Å². The number of anilines is 1. The third kappa shape index (κ3) is 4.64. The van der Waals surface area contributed by atoms with E-state index in [9.17, 15) is 4.79 Å². The maximum Gasteiger partial charge on any atom is 0.248 e. The minimum absolute atomic E-state index is 0.0321. The molecule has 21 heavy (non-hydrogen) atoms. The van der Waals surface area contributed by atoms with Crippen molar-refractivity contribution in [2.45, 2.75) is 6.92 Å². The molecule has 1 aromatic rings. The summed E-state index contributed by atoms with van der Waals surface area (Å²) in [6, 6.07) is 1.96. The van der Waals surface area contributed by atoms with Crippen LogP contribution >= 0.6 is 0 Å². The maximum absolute atomic E-state index is 12.0. The van der Waals surface area contributed by atoms with E-state index in [-0.39, 0.29) is 12.5 Å². The molecule has 0 atom stereocenters. The van der Waals surface area contributed by atoms with Crippen molar-refractivity contribution in [1.82, 2.24) is 14.9 Å². The summed E-state index contributed by atoms with van der Waals surface area (Å²) >= 11 is 0. The fraction of sp³-hybridized carbons (Fsp3) is 0.643. The molecule has 0 saturated carbocycles. The molecule has 0 aromatic carbocycles. The van der Waals surface area contributed by atoms with Crippen LogP contribution in [0.15, 0.2) is 12.4 Å². The van der Waals surface area contributed by atoms with Crippen LogP contribution in [0.2, 0.25) is 0 Å². The van der Waals surface area contributed by atoms with Crippen LogP contribution in [0.25, 0.3) is 0 Å². The number of piperazine rings is 1. The van der Waals surface area contributed by atoms with Crippen molar-refractivity contribution in [1.29, 1.82) is 0 Å². The number of carbonyl (C=O) groups is 1. The number of aromatic nitrogens is 2. The predicted octanol–water partition coefficient (Wildman–Crippen LogP) is 0.0966. The molecular weight excluding hydrogens is 272 g/mol. The van der Waals surface area contributed by atoms with Gasteiger partial charge >= 0.3 is 0 Å². The van der Waals surface area contributed by atoms with Crippen molar-refractivity contribution < 1.29 is 14.3 Å². The van der Waals surface area contributed by atoms with Gasteiger partial charge in [-0.2, -0.15) is 0 Å². The summed E-state index contributed by atoms with van der Waals surface area (Å²) in [4.78, 5) is 24.3. The van der Waals surface area contributed by atoms with Crippen molar-refractivity contribution in [3.05, 3.63) is 18.1 Å². The van der Waals surface area contributed by atoms with E-state index in [0.29, 0.717) is 26.3 Å². The van der Waals surface area contributed by atoms with Crippen molar-refractivity contribution in [2.75, 3.05) is 58.0 Å². The Kier molecular flexibility index (Phi) is 5.89. The quantitative estimate of drug-likeness (QED) is 0.693. The summed E-state index contributed by atoms with van der Waals surface area (Å²) in [6.45, 7) is 5.96. The lowest BCUT2D eigenvalue weighted by Gasteiger charge is -2.35. The molecule has 2 rings (SSSR count). The standard InChI is InChI=1S/C14H22N4O3/c1-12-9-13(16-11-15-12)17-3-5-18(6-4-17)14(19)10-21-8-7-20-2/h9,11H,3-8,10H2,1-2H3. The molecule has 1 aliphatic rings. The zero-order valence-corrected chi connectivity index (χ0v) is 12.6. The van der Waals surface area contributed by atoms with Gasteiger partial charge in [0.05, 0.1) is 13.2 Å². The molecule has 7 heteroatoms. The second-order valence-electron chi connectivity index (χ2n) is 4.93. The molecule has 1 saturated heterocycles. The average molecular weight is 294 g/mol. The van der Waals surface area contributed by atoms with Crippen molar-refractivity contribution in [2.24, 2.45) is 0 Å². The normalized spacial score (nSPS) is 15.3. The second-order valence-corrected chi connectivity index (χ2v) is 4.93. The van der Waals surface area contributed by atoms with Crippen LogP contribution in [-0.4, -0.2) is 73.9 Å². The third-order valence-corrected chi connectivity index (χ3v) is 3.40. The summed E-state index contributed by atoms with van der Waals surface area (Å²) in [5, 5.41) is 0. The highest BCUT2D eigenvalue weighted by Gasteiger charge is 2.21. The van der Waals surface area contributed by atoms with E-state index in [1.807, 2.05) is 17.9 Å². The number of aryl methyl sites for hydroxylation is 1. The zero-order valence-electron chi connectivity index (χ0n) is 12.6. The van der Waals surface area contributed by atoms with Crippen LogP contribution in [0.4, 0.5) is 5.82 Å². The SMILES string of the molecule is COCCOCC(=O)N1CCN(c2cc(C)ncn2)CC1. The van der Waals surface area contributed by atoms with Gasteiger partial charge in [0.1, 0.15) is 18.8 Å². The largest absolute Gasteiger partial charge is 0.382 e. The second kappa shape index (κ2) is 7.90.